The average Bonchev–Trinajstić information content (AvgIpc) is 3.13. The molecule has 1 N–H and O–H groups in total. The summed E-state index contributed by atoms with van der Waals surface area (Å²) in [6.07, 6.45) is 4.45. The number of likely N-dealkylation sites (tertiary alicyclic amines) is 1. The van der Waals surface area contributed by atoms with Gasteiger partial charge in [-0.15, -0.1) is 0 Å². The third kappa shape index (κ3) is 4.71. The molecule has 1 aromatic carbocycles. The zero-order chi connectivity index (χ0) is 20.1. The van der Waals surface area contributed by atoms with E-state index < -0.39 is 0 Å². The Morgan fingerprint density at radius 2 is 2.18 bits per heavy atom. The molecule has 1 aliphatic rings. The number of carbonyl (C=O) groups excluding carboxylic acids is 2. The van der Waals surface area contributed by atoms with Crippen LogP contribution in [0, 0.1) is 19.8 Å². The quantitative estimate of drug-likeness (QED) is 0.822. The maximum atomic E-state index is 12.6. The minimum absolute atomic E-state index is 0.0101. The number of hydrogen-bond acceptors (Lipinski definition) is 5. The van der Waals surface area contributed by atoms with Gasteiger partial charge >= 0.3 is 0 Å². The predicted molar refractivity (Wildman–Crippen MR) is 105 cm³/mol. The van der Waals surface area contributed by atoms with Crippen molar-refractivity contribution in [3.05, 3.63) is 41.6 Å². The number of amides is 2. The van der Waals surface area contributed by atoms with Gasteiger partial charge in [-0.05, 0) is 62.8 Å². The van der Waals surface area contributed by atoms with Crippen LogP contribution >= 0.6 is 0 Å². The van der Waals surface area contributed by atoms with Crippen LogP contribution in [0.4, 0.5) is 5.69 Å². The number of rotatable bonds is 6. The molecule has 1 aromatic heterocycles. The van der Waals surface area contributed by atoms with Crippen molar-refractivity contribution in [2.24, 2.45) is 5.92 Å². The van der Waals surface area contributed by atoms with Crippen molar-refractivity contribution in [2.75, 3.05) is 25.5 Å². The topological polar surface area (TPSA) is 84.7 Å². The van der Waals surface area contributed by atoms with Gasteiger partial charge in [-0.25, -0.2) is 4.98 Å². The number of aromatic nitrogens is 1. The molecule has 0 saturated carbocycles. The Hall–Kier alpha value is -2.83. The Balaban J connectivity index is 1.51. The molecule has 150 valence electrons. The molecule has 1 atom stereocenters. The van der Waals surface area contributed by atoms with Gasteiger partial charge in [-0.2, -0.15) is 0 Å². The second-order valence-electron chi connectivity index (χ2n) is 7.28. The lowest BCUT2D eigenvalue weighted by molar-refractivity contribution is -0.116. The number of anilines is 1. The maximum absolute atomic E-state index is 12.6. The lowest BCUT2D eigenvalue weighted by Gasteiger charge is -2.32. The van der Waals surface area contributed by atoms with E-state index in [-0.39, 0.29) is 11.8 Å². The van der Waals surface area contributed by atoms with E-state index in [1.165, 1.54) is 6.39 Å². The van der Waals surface area contributed by atoms with Crippen molar-refractivity contribution in [1.82, 2.24) is 9.88 Å². The molecule has 0 spiro atoms. The molecule has 2 aromatic rings. The molecule has 2 heterocycles. The van der Waals surface area contributed by atoms with Crippen LogP contribution in [-0.4, -0.2) is 41.9 Å². The van der Waals surface area contributed by atoms with E-state index in [4.69, 9.17) is 9.15 Å². The second kappa shape index (κ2) is 8.91. The molecular weight excluding hydrogens is 358 g/mol. The molecule has 0 radical (unpaired) electrons. The minimum atomic E-state index is -0.0886. The first kappa shape index (κ1) is 19.9. The monoisotopic (exact) mass is 385 g/mol. The highest BCUT2D eigenvalue weighted by Crippen LogP contribution is 2.24. The molecule has 1 unspecified atom stereocenters. The molecule has 0 aliphatic carbocycles. The van der Waals surface area contributed by atoms with Gasteiger partial charge in [0.15, 0.2) is 12.1 Å². The molecule has 7 heteroatoms. The lowest BCUT2D eigenvalue weighted by Crippen LogP contribution is -2.40. The zero-order valence-corrected chi connectivity index (χ0v) is 16.7. The molecule has 28 heavy (non-hydrogen) atoms. The largest absolute Gasteiger partial charge is 0.497 e. The third-order valence-electron chi connectivity index (χ3n) is 5.24. The number of aryl methyl sites for hydroxylation is 2. The molecule has 2 amide bonds. The van der Waals surface area contributed by atoms with E-state index in [0.29, 0.717) is 30.3 Å². The first-order valence-corrected chi connectivity index (χ1v) is 9.61. The van der Waals surface area contributed by atoms with Crippen LogP contribution in [0.2, 0.25) is 0 Å². The van der Waals surface area contributed by atoms with Crippen molar-refractivity contribution in [1.29, 1.82) is 0 Å². The molecule has 0 bridgehead atoms. The number of nitrogens with zero attached hydrogens (tertiary/aromatic N) is 2. The van der Waals surface area contributed by atoms with Gasteiger partial charge in [0, 0.05) is 25.2 Å². The number of hydrogen-bond donors (Lipinski definition) is 1. The SMILES string of the molecule is COc1ccc(NC(=O)CCC2CCCN(C(=O)c3ncoc3C)C2)c(C)c1. The van der Waals surface area contributed by atoms with Crippen LogP contribution in [0.1, 0.15) is 47.5 Å². The van der Waals surface area contributed by atoms with Gasteiger partial charge in [0.25, 0.3) is 5.91 Å². The van der Waals surface area contributed by atoms with E-state index in [0.717, 1.165) is 42.8 Å². The van der Waals surface area contributed by atoms with E-state index >= 15 is 0 Å². The molecule has 1 saturated heterocycles. The fraction of sp³-hybridized carbons (Fsp3) is 0.476. The summed E-state index contributed by atoms with van der Waals surface area (Å²) in [7, 11) is 1.62. The molecule has 7 nitrogen and oxygen atoms in total. The van der Waals surface area contributed by atoms with Crippen LogP contribution < -0.4 is 10.1 Å². The van der Waals surface area contributed by atoms with Gasteiger partial charge < -0.3 is 19.4 Å². The van der Waals surface area contributed by atoms with Gasteiger partial charge in [0.1, 0.15) is 11.5 Å². The number of ether oxygens (including phenoxy) is 1. The summed E-state index contributed by atoms with van der Waals surface area (Å²) in [5, 5.41) is 2.97. The number of oxazole rings is 1. The number of benzene rings is 1. The fourth-order valence-corrected chi connectivity index (χ4v) is 3.60. The summed E-state index contributed by atoms with van der Waals surface area (Å²) in [4.78, 5) is 30.8. The number of methoxy groups -OCH3 is 1. The van der Waals surface area contributed by atoms with Gasteiger partial charge in [-0.1, -0.05) is 0 Å². The smallest absolute Gasteiger partial charge is 0.276 e. The Morgan fingerprint density at radius 1 is 1.36 bits per heavy atom. The van der Waals surface area contributed by atoms with Gasteiger partial charge in [0.05, 0.1) is 7.11 Å². The number of piperidine rings is 1. The van der Waals surface area contributed by atoms with E-state index in [1.807, 2.05) is 30.0 Å². The highest BCUT2D eigenvalue weighted by atomic mass is 16.5. The van der Waals surface area contributed by atoms with Crippen LogP contribution in [0.5, 0.6) is 5.75 Å². The Morgan fingerprint density at radius 3 is 2.86 bits per heavy atom. The van der Waals surface area contributed by atoms with Crippen molar-refractivity contribution < 1.29 is 18.7 Å². The number of carbonyl (C=O) groups is 2. The highest BCUT2D eigenvalue weighted by Gasteiger charge is 2.27. The van der Waals surface area contributed by atoms with Crippen molar-refractivity contribution in [3.63, 3.8) is 0 Å². The van der Waals surface area contributed by atoms with Crippen LogP contribution in [0.3, 0.4) is 0 Å². The Bertz CT molecular complexity index is 846. The summed E-state index contributed by atoms with van der Waals surface area (Å²) in [5.41, 5.74) is 2.14. The van der Waals surface area contributed by atoms with Crippen molar-refractivity contribution in [3.8, 4) is 5.75 Å². The fourth-order valence-electron chi connectivity index (χ4n) is 3.60. The summed E-state index contributed by atoms with van der Waals surface area (Å²) >= 11 is 0. The van der Waals surface area contributed by atoms with Crippen LogP contribution in [0.25, 0.3) is 0 Å². The minimum Gasteiger partial charge on any atom is -0.497 e. The first-order chi connectivity index (χ1) is 13.5. The Kier molecular flexibility index (Phi) is 6.34. The van der Waals surface area contributed by atoms with Crippen LogP contribution in [-0.2, 0) is 4.79 Å². The van der Waals surface area contributed by atoms with Crippen molar-refractivity contribution in [2.45, 2.75) is 39.5 Å². The summed E-state index contributed by atoms with van der Waals surface area (Å²) in [5.74, 6) is 1.53. The molecule has 3 rings (SSSR count). The van der Waals surface area contributed by atoms with E-state index in [9.17, 15) is 9.59 Å². The van der Waals surface area contributed by atoms with Gasteiger partial charge in [0.2, 0.25) is 5.91 Å². The van der Waals surface area contributed by atoms with Gasteiger partial charge in [-0.3, -0.25) is 9.59 Å². The van der Waals surface area contributed by atoms with E-state index in [1.54, 1.807) is 14.0 Å². The molecule has 1 fully saturated rings. The highest BCUT2D eigenvalue weighted by molar-refractivity contribution is 5.93. The third-order valence-corrected chi connectivity index (χ3v) is 5.24. The second-order valence-corrected chi connectivity index (χ2v) is 7.28. The lowest BCUT2D eigenvalue weighted by atomic mass is 9.93. The zero-order valence-electron chi connectivity index (χ0n) is 16.7. The Labute approximate surface area is 165 Å². The average molecular weight is 385 g/mol. The maximum Gasteiger partial charge on any atom is 0.276 e. The summed E-state index contributed by atoms with van der Waals surface area (Å²) in [6, 6.07) is 5.58. The number of nitrogens with one attached hydrogen (secondary N) is 1. The normalized spacial score (nSPS) is 16.7. The van der Waals surface area contributed by atoms with Crippen molar-refractivity contribution >= 4 is 17.5 Å². The standard InChI is InChI=1S/C21H27N3O4/c1-14-11-17(27-3)7-8-18(14)23-19(25)9-6-16-5-4-10-24(12-16)21(26)20-15(2)28-13-22-20/h7-8,11,13,16H,4-6,9-10,12H2,1-3H3,(H,23,25). The summed E-state index contributed by atoms with van der Waals surface area (Å²) < 4.78 is 10.3. The first-order valence-electron chi connectivity index (χ1n) is 9.61. The molecular formula is C21H27N3O4. The predicted octanol–water partition coefficient (Wildman–Crippen LogP) is 3.57. The summed E-state index contributed by atoms with van der Waals surface area (Å²) in [6.45, 7) is 5.06. The van der Waals surface area contributed by atoms with E-state index in [2.05, 4.69) is 10.3 Å². The molecule has 1 aliphatic heterocycles. The van der Waals surface area contributed by atoms with Crippen LogP contribution in [0.15, 0.2) is 29.0 Å².